The molecule has 0 saturated carbocycles. The molecular weight excluding hydrogens is 402 g/mol. The molecule has 0 unspecified atom stereocenters. The van der Waals surface area contributed by atoms with Crippen molar-refractivity contribution < 1.29 is 14.3 Å². The molecule has 168 valence electrons. The number of fused-ring (bicyclic) bond motifs is 1. The van der Waals surface area contributed by atoms with Crippen molar-refractivity contribution >= 4 is 22.7 Å². The lowest BCUT2D eigenvalue weighted by Gasteiger charge is -2.35. The Morgan fingerprint density at radius 2 is 1.75 bits per heavy atom. The van der Waals surface area contributed by atoms with Gasteiger partial charge in [0.2, 0.25) is 0 Å². The molecule has 0 N–H and O–H groups in total. The highest BCUT2D eigenvalue weighted by molar-refractivity contribution is 5.83. The molecule has 1 aromatic heterocycles. The fraction of sp³-hybridized carbons (Fsp3) is 0.385. The molecule has 1 aliphatic heterocycles. The number of nitrogens with zero attached hydrogens (tertiary/aromatic N) is 3. The van der Waals surface area contributed by atoms with E-state index in [-0.39, 0.29) is 6.09 Å². The molecule has 0 bridgehead atoms. The summed E-state index contributed by atoms with van der Waals surface area (Å²) in [5.41, 5.74) is 4.14. The van der Waals surface area contributed by atoms with Gasteiger partial charge in [-0.2, -0.15) is 0 Å². The Hall–Kier alpha value is -3.28. The van der Waals surface area contributed by atoms with Crippen LogP contribution in [0.2, 0.25) is 0 Å². The van der Waals surface area contributed by atoms with Gasteiger partial charge in [0.1, 0.15) is 5.75 Å². The summed E-state index contributed by atoms with van der Waals surface area (Å²) in [4.78, 5) is 21.1. The molecule has 6 nitrogen and oxygen atoms in total. The van der Waals surface area contributed by atoms with Crippen molar-refractivity contribution in [3.05, 3.63) is 54.6 Å². The monoisotopic (exact) mass is 433 g/mol. The van der Waals surface area contributed by atoms with E-state index >= 15 is 0 Å². The van der Waals surface area contributed by atoms with E-state index in [2.05, 4.69) is 42.2 Å². The van der Waals surface area contributed by atoms with Gasteiger partial charge in [-0.1, -0.05) is 38.0 Å². The number of unbranched alkanes of at least 4 members (excludes halogenated alkanes) is 2. The van der Waals surface area contributed by atoms with Gasteiger partial charge in [-0.15, -0.1) is 0 Å². The van der Waals surface area contributed by atoms with Crippen LogP contribution in [0, 0.1) is 0 Å². The second-order valence-electron chi connectivity index (χ2n) is 8.10. The van der Waals surface area contributed by atoms with E-state index in [4.69, 9.17) is 14.5 Å². The maximum atomic E-state index is 12.2. The first-order valence-electron chi connectivity index (χ1n) is 11.4. The molecule has 1 fully saturated rings. The minimum Gasteiger partial charge on any atom is -0.497 e. The van der Waals surface area contributed by atoms with Gasteiger partial charge < -0.3 is 19.3 Å². The largest absolute Gasteiger partial charge is 0.497 e. The number of anilines is 1. The van der Waals surface area contributed by atoms with Crippen LogP contribution in [0.4, 0.5) is 10.5 Å². The van der Waals surface area contributed by atoms with Crippen LogP contribution < -0.4 is 9.64 Å². The third kappa shape index (κ3) is 5.13. The molecule has 6 heteroatoms. The zero-order valence-electron chi connectivity index (χ0n) is 18.9. The summed E-state index contributed by atoms with van der Waals surface area (Å²) >= 11 is 0. The third-order valence-corrected chi connectivity index (χ3v) is 5.94. The van der Waals surface area contributed by atoms with Crippen LogP contribution in [0.1, 0.15) is 26.2 Å². The number of piperazine rings is 1. The highest BCUT2D eigenvalue weighted by atomic mass is 16.6. The average Bonchev–Trinajstić information content (AvgIpc) is 2.86. The van der Waals surface area contributed by atoms with Crippen LogP contribution in [-0.4, -0.2) is 55.9 Å². The van der Waals surface area contributed by atoms with E-state index in [0.29, 0.717) is 19.7 Å². The Labute approximate surface area is 189 Å². The lowest BCUT2D eigenvalue weighted by molar-refractivity contribution is 0.0986. The Morgan fingerprint density at radius 3 is 2.47 bits per heavy atom. The number of carbonyl (C=O) groups is 1. The van der Waals surface area contributed by atoms with Gasteiger partial charge in [-0.05, 0) is 42.8 Å². The van der Waals surface area contributed by atoms with E-state index in [1.54, 1.807) is 7.11 Å². The van der Waals surface area contributed by atoms with Crippen LogP contribution in [0.5, 0.6) is 5.75 Å². The zero-order chi connectivity index (χ0) is 22.3. The second kappa shape index (κ2) is 10.4. The van der Waals surface area contributed by atoms with E-state index in [0.717, 1.165) is 65.9 Å². The summed E-state index contributed by atoms with van der Waals surface area (Å²) in [7, 11) is 1.67. The summed E-state index contributed by atoms with van der Waals surface area (Å²) < 4.78 is 10.7. The van der Waals surface area contributed by atoms with Crippen molar-refractivity contribution in [3.63, 3.8) is 0 Å². The molecule has 2 aromatic carbocycles. The van der Waals surface area contributed by atoms with Crippen molar-refractivity contribution in [3.8, 4) is 17.0 Å². The number of carbonyl (C=O) groups excluding carboxylic acids is 1. The molecule has 2 heterocycles. The van der Waals surface area contributed by atoms with Crippen molar-refractivity contribution in [1.82, 2.24) is 9.88 Å². The smallest absolute Gasteiger partial charge is 0.409 e. The minimum absolute atomic E-state index is 0.184. The first-order chi connectivity index (χ1) is 15.7. The summed E-state index contributed by atoms with van der Waals surface area (Å²) in [6, 6.07) is 18.5. The molecule has 4 rings (SSSR count). The maximum Gasteiger partial charge on any atom is 0.409 e. The molecular formula is C26H31N3O3. The van der Waals surface area contributed by atoms with Gasteiger partial charge in [0, 0.05) is 42.8 Å². The van der Waals surface area contributed by atoms with Gasteiger partial charge >= 0.3 is 6.09 Å². The van der Waals surface area contributed by atoms with Gasteiger partial charge in [0.05, 0.1) is 24.9 Å². The normalized spacial score (nSPS) is 13.9. The van der Waals surface area contributed by atoms with Gasteiger partial charge in [-0.3, -0.25) is 0 Å². The molecule has 0 spiro atoms. The lowest BCUT2D eigenvalue weighted by atomic mass is 10.1. The maximum absolute atomic E-state index is 12.2. The number of amides is 1. The molecule has 1 amide bonds. The van der Waals surface area contributed by atoms with Crippen LogP contribution in [0.3, 0.4) is 0 Å². The van der Waals surface area contributed by atoms with Crippen molar-refractivity contribution in [1.29, 1.82) is 0 Å². The van der Waals surface area contributed by atoms with E-state index in [9.17, 15) is 4.79 Å². The van der Waals surface area contributed by atoms with Crippen LogP contribution >= 0.6 is 0 Å². The second-order valence-corrected chi connectivity index (χ2v) is 8.10. The first-order valence-corrected chi connectivity index (χ1v) is 11.4. The van der Waals surface area contributed by atoms with E-state index < -0.39 is 0 Å². The predicted octanol–water partition coefficient (Wildman–Crippen LogP) is 5.36. The topological polar surface area (TPSA) is 54.9 Å². The lowest BCUT2D eigenvalue weighted by Crippen LogP contribution is -2.49. The molecule has 0 atom stereocenters. The number of hydrogen-bond donors (Lipinski definition) is 0. The molecule has 1 aliphatic rings. The summed E-state index contributed by atoms with van der Waals surface area (Å²) in [6.45, 7) is 5.64. The quantitative estimate of drug-likeness (QED) is 0.470. The number of methoxy groups -OCH3 is 1. The number of rotatable bonds is 7. The standard InChI is InChI=1S/C26H31N3O3/c1-3-4-5-18-32-26(30)29-16-14-28(15-17-29)22-9-6-20(7-10-22)24-12-8-21-19-23(31-2)11-13-25(21)27-24/h6-13,19H,3-5,14-18H2,1-2H3. The molecule has 0 radical (unpaired) electrons. The zero-order valence-corrected chi connectivity index (χ0v) is 18.9. The van der Waals surface area contributed by atoms with Crippen LogP contribution in [-0.2, 0) is 4.74 Å². The Balaban J connectivity index is 1.35. The number of benzene rings is 2. The van der Waals surface area contributed by atoms with Gasteiger partial charge in [0.15, 0.2) is 0 Å². The summed E-state index contributed by atoms with van der Waals surface area (Å²) in [6.07, 6.45) is 2.98. The predicted molar refractivity (Wildman–Crippen MR) is 128 cm³/mol. The van der Waals surface area contributed by atoms with Crippen molar-refractivity contribution in [2.75, 3.05) is 44.8 Å². The molecule has 1 saturated heterocycles. The summed E-state index contributed by atoms with van der Waals surface area (Å²) in [5, 5.41) is 1.06. The van der Waals surface area contributed by atoms with Crippen LogP contribution in [0.15, 0.2) is 54.6 Å². The minimum atomic E-state index is -0.184. The Kier molecular flexibility index (Phi) is 7.10. The van der Waals surface area contributed by atoms with Crippen LogP contribution in [0.25, 0.3) is 22.2 Å². The Morgan fingerprint density at radius 1 is 0.969 bits per heavy atom. The Bertz CT molecular complexity index is 1040. The molecule has 3 aromatic rings. The van der Waals surface area contributed by atoms with Crippen molar-refractivity contribution in [2.45, 2.75) is 26.2 Å². The highest BCUT2D eigenvalue weighted by Gasteiger charge is 2.22. The van der Waals surface area contributed by atoms with Crippen molar-refractivity contribution in [2.24, 2.45) is 0 Å². The number of hydrogen-bond acceptors (Lipinski definition) is 5. The number of aromatic nitrogens is 1. The average molecular weight is 434 g/mol. The first kappa shape index (κ1) is 21.9. The summed E-state index contributed by atoms with van der Waals surface area (Å²) in [5.74, 6) is 0.834. The number of ether oxygens (including phenoxy) is 2. The molecule has 0 aliphatic carbocycles. The molecule has 32 heavy (non-hydrogen) atoms. The SMILES string of the molecule is CCCCCOC(=O)N1CCN(c2ccc(-c3ccc4cc(OC)ccc4n3)cc2)CC1. The van der Waals surface area contributed by atoms with Gasteiger partial charge in [0.25, 0.3) is 0 Å². The highest BCUT2D eigenvalue weighted by Crippen LogP contribution is 2.26. The van der Waals surface area contributed by atoms with E-state index in [1.165, 1.54) is 0 Å². The number of pyridine rings is 1. The fourth-order valence-electron chi connectivity index (χ4n) is 3.98. The van der Waals surface area contributed by atoms with Gasteiger partial charge in [-0.25, -0.2) is 9.78 Å². The van der Waals surface area contributed by atoms with E-state index in [1.807, 2.05) is 29.2 Å². The third-order valence-electron chi connectivity index (χ3n) is 5.94. The fourth-order valence-corrected chi connectivity index (χ4v) is 3.98.